The maximum absolute atomic E-state index is 11.6. The summed E-state index contributed by atoms with van der Waals surface area (Å²) in [6, 6.07) is 7.71. The van der Waals surface area contributed by atoms with Gasteiger partial charge in [0.2, 0.25) is 5.91 Å². The van der Waals surface area contributed by atoms with E-state index in [1.807, 2.05) is 38.1 Å². The number of amides is 1. The molecular formula is C15H23NO2. The fourth-order valence-corrected chi connectivity index (χ4v) is 1.61. The van der Waals surface area contributed by atoms with E-state index >= 15 is 0 Å². The van der Waals surface area contributed by atoms with Gasteiger partial charge in [-0.1, -0.05) is 25.5 Å². The van der Waals surface area contributed by atoms with Gasteiger partial charge in [0.1, 0.15) is 5.75 Å². The molecule has 0 aliphatic heterocycles. The average Bonchev–Trinajstić information content (AvgIpc) is 2.31. The zero-order valence-corrected chi connectivity index (χ0v) is 11.5. The third kappa shape index (κ3) is 5.71. The van der Waals surface area contributed by atoms with Crippen molar-refractivity contribution in [2.75, 3.05) is 6.54 Å². The Morgan fingerprint density at radius 3 is 2.50 bits per heavy atom. The van der Waals surface area contributed by atoms with E-state index in [1.165, 1.54) is 0 Å². The Kier molecular flexibility index (Phi) is 6.26. The highest BCUT2D eigenvalue weighted by Crippen LogP contribution is 2.14. The lowest BCUT2D eigenvalue weighted by Gasteiger charge is -2.10. The van der Waals surface area contributed by atoms with Crippen molar-refractivity contribution in [2.24, 2.45) is 0 Å². The van der Waals surface area contributed by atoms with Crippen LogP contribution in [0, 0.1) is 0 Å². The second kappa shape index (κ2) is 7.75. The van der Waals surface area contributed by atoms with Gasteiger partial charge in [0.15, 0.2) is 0 Å². The second-order valence-corrected chi connectivity index (χ2v) is 4.69. The highest BCUT2D eigenvalue weighted by molar-refractivity contribution is 5.78. The van der Waals surface area contributed by atoms with Gasteiger partial charge in [-0.3, -0.25) is 4.79 Å². The minimum absolute atomic E-state index is 0.0842. The Balaban J connectivity index is 2.40. The van der Waals surface area contributed by atoms with Crippen molar-refractivity contribution >= 4 is 5.91 Å². The summed E-state index contributed by atoms with van der Waals surface area (Å²) >= 11 is 0. The summed E-state index contributed by atoms with van der Waals surface area (Å²) in [5.74, 6) is 0.932. The normalized spacial score (nSPS) is 10.4. The van der Waals surface area contributed by atoms with Crippen molar-refractivity contribution in [3.63, 3.8) is 0 Å². The lowest BCUT2D eigenvalue weighted by atomic mass is 10.1. The van der Waals surface area contributed by atoms with Crippen molar-refractivity contribution in [3.8, 4) is 5.75 Å². The zero-order chi connectivity index (χ0) is 13.4. The van der Waals surface area contributed by atoms with Crippen LogP contribution in [0.3, 0.4) is 0 Å². The fourth-order valence-electron chi connectivity index (χ4n) is 1.61. The molecule has 0 aromatic heterocycles. The van der Waals surface area contributed by atoms with Crippen LogP contribution in [0.1, 0.15) is 39.2 Å². The predicted molar refractivity (Wildman–Crippen MR) is 73.8 cm³/mol. The molecule has 1 N–H and O–H groups in total. The van der Waals surface area contributed by atoms with Crippen molar-refractivity contribution in [1.29, 1.82) is 0 Å². The number of ether oxygens (including phenoxy) is 1. The van der Waals surface area contributed by atoms with Crippen LogP contribution in [0.25, 0.3) is 0 Å². The molecule has 0 spiro atoms. The molecule has 0 atom stereocenters. The predicted octanol–water partition coefficient (Wildman–Crippen LogP) is 2.93. The number of hydrogen-bond acceptors (Lipinski definition) is 2. The molecule has 3 nitrogen and oxygen atoms in total. The van der Waals surface area contributed by atoms with Gasteiger partial charge in [-0.25, -0.2) is 0 Å². The highest BCUT2D eigenvalue weighted by atomic mass is 16.5. The van der Waals surface area contributed by atoms with Crippen LogP contribution in [0.2, 0.25) is 0 Å². The minimum atomic E-state index is 0.0842. The van der Waals surface area contributed by atoms with E-state index in [0.717, 1.165) is 30.7 Å². The van der Waals surface area contributed by atoms with E-state index in [-0.39, 0.29) is 12.0 Å². The smallest absolute Gasteiger partial charge is 0.224 e. The largest absolute Gasteiger partial charge is 0.491 e. The first-order chi connectivity index (χ1) is 8.61. The molecule has 1 rings (SSSR count). The molecule has 0 fully saturated rings. The topological polar surface area (TPSA) is 38.3 Å². The molecule has 0 heterocycles. The van der Waals surface area contributed by atoms with E-state index in [1.54, 1.807) is 0 Å². The fraction of sp³-hybridized carbons (Fsp3) is 0.533. The second-order valence-electron chi connectivity index (χ2n) is 4.69. The zero-order valence-electron chi connectivity index (χ0n) is 11.5. The molecule has 1 aromatic rings. The summed E-state index contributed by atoms with van der Waals surface area (Å²) in [7, 11) is 0. The molecular weight excluding hydrogens is 226 g/mol. The van der Waals surface area contributed by atoms with Gasteiger partial charge in [0.05, 0.1) is 12.5 Å². The monoisotopic (exact) mass is 249 g/mol. The van der Waals surface area contributed by atoms with Crippen molar-refractivity contribution in [1.82, 2.24) is 5.32 Å². The molecule has 0 bridgehead atoms. The first kappa shape index (κ1) is 14.6. The molecule has 0 radical (unpaired) electrons. The van der Waals surface area contributed by atoms with E-state index in [4.69, 9.17) is 4.74 Å². The Bertz CT molecular complexity index is 357. The summed E-state index contributed by atoms with van der Waals surface area (Å²) in [4.78, 5) is 11.6. The Morgan fingerprint density at radius 1 is 1.28 bits per heavy atom. The van der Waals surface area contributed by atoms with Crippen molar-refractivity contribution < 1.29 is 9.53 Å². The molecule has 0 aliphatic carbocycles. The third-order valence-corrected chi connectivity index (χ3v) is 2.51. The van der Waals surface area contributed by atoms with Gasteiger partial charge in [-0.05, 0) is 38.0 Å². The molecule has 1 amide bonds. The average molecular weight is 249 g/mol. The molecule has 0 aliphatic rings. The number of carbonyl (C=O) groups is 1. The lowest BCUT2D eigenvalue weighted by molar-refractivity contribution is -0.120. The van der Waals surface area contributed by atoms with E-state index in [2.05, 4.69) is 12.2 Å². The van der Waals surface area contributed by atoms with Crippen LogP contribution < -0.4 is 10.1 Å². The lowest BCUT2D eigenvalue weighted by Crippen LogP contribution is -2.25. The maximum Gasteiger partial charge on any atom is 0.224 e. The summed E-state index contributed by atoms with van der Waals surface area (Å²) in [6.45, 7) is 6.87. The molecule has 18 heavy (non-hydrogen) atoms. The minimum Gasteiger partial charge on any atom is -0.491 e. The van der Waals surface area contributed by atoms with Crippen LogP contribution >= 0.6 is 0 Å². The summed E-state index contributed by atoms with van der Waals surface area (Å²) in [5.41, 5.74) is 1.01. The number of rotatable bonds is 7. The van der Waals surface area contributed by atoms with E-state index < -0.39 is 0 Å². The first-order valence-electron chi connectivity index (χ1n) is 6.64. The van der Waals surface area contributed by atoms with Crippen LogP contribution in [0.4, 0.5) is 0 Å². The molecule has 0 saturated heterocycles. The third-order valence-electron chi connectivity index (χ3n) is 2.51. The van der Waals surface area contributed by atoms with Crippen molar-refractivity contribution in [2.45, 2.75) is 46.1 Å². The van der Waals surface area contributed by atoms with Crippen LogP contribution in [0.15, 0.2) is 24.3 Å². The number of benzene rings is 1. The van der Waals surface area contributed by atoms with Crippen LogP contribution in [-0.2, 0) is 11.2 Å². The van der Waals surface area contributed by atoms with Gasteiger partial charge in [0.25, 0.3) is 0 Å². The molecule has 0 saturated carbocycles. The van der Waals surface area contributed by atoms with Gasteiger partial charge in [-0.2, -0.15) is 0 Å². The van der Waals surface area contributed by atoms with Gasteiger partial charge in [0, 0.05) is 6.54 Å². The molecule has 3 heteroatoms. The van der Waals surface area contributed by atoms with Crippen LogP contribution in [0.5, 0.6) is 5.75 Å². The van der Waals surface area contributed by atoms with Gasteiger partial charge in [-0.15, -0.1) is 0 Å². The van der Waals surface area contributed by atoms with E-state index in [0.29, 0.717) is 6.42 Å². The number of hydrogen-bond donors (Lipinski definition) is 1. The summed E-state index contributed by atoms with van der Waals surface area (Å²) < 4.78 is 5.55. The molecule has 1 aromatic carbocycles. The summed E-state index contributed by atoms with van der Waals surface area (Å²) in [5, 5.41) is 2.91. The van der Waals surface area contributed by atoms with Gasteiger partial charge < -0.3 is 10.1 Å². The standard InChI is InChI=1S/C15H23NO2/c1-4-5-10-16-15(17)11-13-6-8-14(9-7-13)18-12(2)3/h6-9,12H,4-5,10-11H2,1-3H3,(H,16,17). The molecule has 0 unspecified atom stereocenters. The Labute approximate surface area is 110 Å². The van der Waals surface area contributed by atoms with E-state index in [9.17, 15) is 4.79 Å². The Morgan fingerprint density at radius 2 is 1.94 bits per heavy atom. The van der Waals surface area contributed by atoms with Crippen LogP contribution in [-0.4, -0.2) is 18.6 Å². The number of unbranched alkanes of at least 4 members (excludes halogenated alkanes) is 1. The number of carbonyl (C=O) groups excluding carboxylic acids is 1. The van der Waals surface area contributed by atoms with Gasteiger partial charge >= 0.3 is 0 Å². The SMILES string of the molecule is CCCCNC(=O)Cc1ccc(OC(C)C)cc1. The maximum atomic E-state index is 11.6. The summed E-state index contributed by atoms with van der Waals surface area (Å²) in [6.07, 6.45) is 2.74. The first-order valence-corrected chi connectivity index (χ1v) is 6.64. The Hall–Kier alpha value is -1.51. The van der Waals surface area contributed by atoms with Crippen molar-refractivity contribution in [3.05, 3.63) is 29.8 Å². The molecule has 100 valence electrons. The quantitative estimate of drug-likeness (QED) is 0.754. The highest BCUT2D eigenvalue weighted by Gasteiger charge is 2.03. The number of nitrogens with one attached hydrogen (secondary N) is 1.